The number of thiazole rings is 1. The summed E-state index contributed by atoms with van der Waals surface area (Å²) in [6.07, 6.45) is 3.33. The predicted molar refractivity (Wildman–Crippen MR) is 121 cm³/mol. The van der Waals surface area contributed by atoms with E-state index in [9.17, 15) is 14.9 Å². The van der Waals surface area contributed by atoms with Gasteiger partial charge in [0.1, 0.15) is 0 Å². The van der Waals surface area contributed by atoms with Crippen molar-refractivity contribution in [1.29, 1.82) is 0 Å². The molecule has 0 aliphatic heterocycles. The number of rotatable bonds is 7. The van der Waals surface area contributed by atoms with E-state index in [0.29, 0.717) is 27.7 Å². The van der Waals surface area contributed by atoms with Gasteiger partial charge in [0.2, 0.25) is 0 Å². The number of nitro groups is 1. The van der Waals surface area contributed by atoms with Crippen molar-refractivity contribution in [2.75, 3.05) is 19.1 Å². The van der Waals surface area contributed by atoms with Crippen LogP contribution in [0.15, 0.2) is 60.9 Å². The van der Waals surface area contributed by atoms with Gasteiger partial charge in [-0.25, -0.2) is 4.98 Å². The minimum absolute atomic E-state index is 0.0838. The van der Waals surface area contributed by atoms with Crippen LogP contribution in [-0.4, -0.2) is 35.0 Å². The van der Waals surface area contributed by atoms with E-state index >= 15 is 0 Å². The van der Waals surface area contributed by atoms with E-state index in [4.69, 9.17) is 9.47 Å². The number of pyridine rings is 1. The predicted octanol–water partition coefficient (Wildman–Crippen LogP) is 4.46. The molecule has 1 amide bonds. The minimum Gasteiger partial charge on any atom is -0.493 e. The molecule has 0 saturated carbocycles. The van der Waals surface area contributed by atoms with E-state index in [0.717, 1.165) is 10.3 Å². The fraction of sp³-hybridized carbons (Fsp3) is 0.136. The Balaban J connectivity index is 1.76. The zero-order valence-corrected chi connectivity index (χ0v) is 18.0. The summed E-state index contributed by atoms with van der Waals surface area (Å²) in [4.78, 5) is 34.2. The van der Waals surface area contributed by atoms with Crippen LogP contribution in [0, 0.1) is 10.1 Å². The molecule has 0 radical (unpaired) electrons. The van der Waals surface area contributed by atoms with Crippen molar-refractivity contribution in [2.24, 2.45) is 0 Å². The number of ether oxygens (including phenoxy) is 2. The molecule has 10 heteroatoms. The SMILES string of the molecule is COc1cc2nc(N(Cc3cccnc3)C(=O)c3ccc([N+](=O)[O-])cc3)sc2cc1OC. The first kappa shape index (κ1) is 21.2. The molecule has 2 heterocycles. The number of hydrogen-bond acceptors (Lipinski definition) is 8. The largest absolute Gasteiger partial charge is 0.493 e. The quantitative estimate of drug-likeness (QED) is 0.302. The first-order valence-corrected chi connectivity index (χ1v) is 10.3. The Morgan fingerprint density at radius 2 is 1.84 bits per heavy atom. The zero-order valence-electron chi connectivity index (χ0n) is 17.2. The molecule has 4 aromatic rings. The lowest BCUT2D eigenvalue weighted by molar-refractivity contribution is -0.384. The van der Waals surface area contributed by atoms with Crippen LogP contribution in [0.25, 0.3) is 10.2 Å². The number of non-ortho nitro benzene ring substituents is 1. The van der Waals surface area contributed by atoms with E-state index in [1.807, 2.05) is 12.1 Å². The van der Waals surface area contributed by atoms with E-state index in [1.165, 1.54) is 40.5 Å². The molecule has 0 unspecified atom stereocenters. The summed E-state index contributed by atoms with van der Waals surface area (Å²) in [5.74, 6) is 0.773. The summed E-state index contributed by atoms with van der Waals surface area (Å²) in [6, 6.07) is 12.7. The Bertz CT molecular complexity index is 1230. The Hall–Kier alpha value is -4.05. The van der Waals surface area contributed by atoms with Crippen molar-refractivity contribution in [3.05, 3.63) is 82.2 Å². The van der Waals surface area contributed by atoms with Crippen molar-refractivity contribution >= 4 is 38.3 Å². The lowest BCUT2D eigenvalue weighted by atomic mass is 10.1. The molecule has 0 bridgehead atoms. The van der Waals surface area contributed by atoms with Gasteiger partial charge in [0.25, 0.3) is 11.6 Å². The molecule has 0 spiro atoms. The molecule has 2 aromatic heterocycles. The Morgan fingerprint density at radius 1 is 1.12 bits per heavy atom. The molecular formula is C22H18N4O5S. The summed E-state index contributed by atoms with van der Waals surface area (Å²) in [6.45, 7) is 0.234. The smallest absolute Gasteiger partial charge is 0.269 e. The summed E-state index contributed by atoms with van der Waals surface area (Å²) < 4.78 is 11.5. The first-order chi connectivity index (χ1) is 15.5. The van der Waals surface area contributed by atoms with E-state index in [1.54, 1.807) is 38.7 Å². The highest BCUT2D eigenvalue weighted by molar-refractivity contribution is 7.22. The number of anilines is 1. The van der Waals surface area contributed by atoms with Crippen molar-refractivity contribution < 1.29 is 19.2 Å². The van der Waals surface area contributed by atoms with Gasteiger partial charge in [-0.1, -0.05) is 17.4 Å². The molecule has 0 saturated heterocycles. The molecule has 9 nitrogen and oxygen atoms in total. The van der Waals surface area contributed by atoms with Crippen molar-refractivity contribution in [2.45, 2.75) is 6.54 Å². The summed E-state index contributed by atoms with van der Waals surface area (Å²) in [5.41, 5.74) is 1.71. The highest BCUT2D eigenvalue weighted by Gasteiger charge is 2.23. The number of carbonyl (C=O) groups is 1. The number of hydrogen-bond donors (Lipinski definition) is 0. The number of nitro benzene ring substituents is 1. The average Bonchev–Trinajstić information content (AvgIpc) is 3.24. The number of nitrogens with zero attached hydrogens (tertiary/aromatic N) is 4. The number of amides is 1. The van der Waals surface area contributed by atoms with Crippen molar-refractivity contribution in [1.82, 2.24) is 9.97 Å². The monoisotopic (exact) mass is 450 g/mol. The van der Waals surface area contributed by atoms with Crippen LogP contribution in [0.1, 0.15) is 15.9 Å². The van der Waals surface area contributed by atoms with Gasteiger partial charge in [0.05, 0.1) is 35.9 Å². The number of methoxy groups -OCH3 is 2. The second-order valence-corrected chi connectivity index (χ2v) is 7.74. The Labute approximate surface area is 187 Å². The summed E-state index contributed by atoms with van der Waals surface area (Å²) in [5, 5.41) is 11.4. The topological polar surface area (TPSA) is 108 Å². The van der Waals surface area contributed by atoms with Crippen LogP contribution in [0.2, 0.25) is 0 Å². The minimum atomic E-state index is -0.504. The Morgan fingerprint density at radius 3 is 2.47 bits per heavy atom. The lowest BCUT2D eigenvalue weighted by Crippen LogP contribution is -2.30. The maximum Gasteiger partial charge on any atom is 0.269 e. The molecule has 0 aliphatic carbocycles. The highest BCUT2D eigenvalue weighted by Crippen LogP contribution is 2.38. The van der Waals surface area contributed by atoms with Gasteiger partial charge in [0, 0.05) is 42.2 Å². The van der Waals surface area contributed by atoms with Crippen LogP contribution >= 0.6 is 11.3 Å². The average molecular weight is 450 g/mol. The number of benzene rings is 2. The van der Waals surface area contributed by atoms with Gasteiger partial charge in [-0.3, -0.25) is 24.8 Å². The van der Waals surface area contributed by atoms with Gasteiger partial charge in [-0.2, -0.15) is 0 Å². The third kappa shape index (κ3) is 4.21. The zero-order chi connectivity index (χ0) is 22.7. The highest BCUT2D eigenvalue weighted by atomic mass is 32.1. The maximum absolute atomic E-state index is 13.4. The van der Waals surface area contributed by atoms with Crippen LogP contribution in [0.3, 0.4) is 0 Å². The lowest BCUT2D eigenvalue weighted by Gasteiger charge is -2.20. The van der Waals surface area contributed by atoms with Crippen LogP contribution in [0.4, 0.5) is 10.8 Å². The van der Waals surface area contributed by atoms with Gasteiger partial charge in [-0.15, -0.1) is 0 Å². The van der Waals surface area contributed by atoms with Gasteiger partial charge >= 0.3 is 0 Å². The third-order valence-corrected chi connectivity index (χ3v) is 5.79. The first-order valence-electron chi connectivity index (χ1n) is 9.48. The fourth-order valence-corrected chi connectivity index (χ4v) is 4.11. The molecule has 162 valence electrons. The Kier molecular flexibility index (Phi) is 5.95. The van der Waals surface area contributed by atoms with Crippen LogP contribution < -0.4 is 14.4 Å². The normalized spacial score (nSPS) is 10.7. The van der Waals surface area contributed by atoms with Crippen molar-refractivity contribution in [3.63, 3.8) is 0 Å². The van der Waals surface area contributed by atoms with Gasteiger partial charge in [-0.05, 0) is 23.8 Å². The number of aromatic nitrogens is 2. The summed E-state index contributed by atoms with van der Waals surface area (Å²) in [7, 11) is 3.10. The molecule has 4 rings (SSSR count). The molecule has 0 atom stereocenters. The maximum atomic E-state index is 13.4. The summed E-state index contributed by atoms with van der Waals surface area (Å²) >= 11 is 1.33. The second kappa shape index (κ2) is 8.98. The van der Waals surface area contributed by atoms with Gasteiger partial charge in [0.15, 0.2) is 16.6 Å². The van der Waals surface area contributed by atoms with Crippen LogP contribution in [0.5, 0.6) is 11.5 Å². The molecule has 0 N–H and O–H groups in total. The van der Waals surface area contributed by atoms with E-state index < -0.39 is 4.92 Å². The second-order valence-electron chi connectivity index (χ2n) is 6.73. The third-order valence-electron chi connectivity index (χ3n) is 4.75. The molecule has 2 aromatic carbocycles. The fourth-order valence-electron chi connectivity index (χ4n) is 3.14. The molecular weight excluding hydrogens is 432 g/mol. The molecule has 32 heavy (non-hydrogen) atoms. The molecule has 0 fully saturated rings. The van der Waals surface area contributed by atoms with E-state index in [-0.39, 0.29) is 18.1 Å². The molecule has 0 aliphatic rings. The van der Waals surface area contributed by atoms with Crippen molar-refractivity contribution in [3.8, 4) is 11.5 Å². The number of carbonyl (C=O) groups excluding carboxylic acids is 1. The standard InChI is InChI=1S/C22H18N4O5S/c1-30-18-10-17-20(11-19(18)31-2)32-22(24-17)25(13-14-4-3-9-23-12-14)21(27)15-5-7-16(8-6-15)26(28)29/h3-12H,13H2,1-2H3. The van der Waals surface area contributed by atoms with Crippen LogP contribution in [-0.2, 0) is 6.54 Å². The van der Waals surface area contributed by atoms with E-state index in [2.05, 4.69) is 9.97 Å². The number of fused-ring (bicyclic) bond motifs is 1. The van der Waals surface area contributed by atoms with Gasteiger partial charge < -0.3 is 9.47 Å².